The van der Waals surface area contributed by atoms with Crippen molar-refractivity contribution in [3.8, 4) is 34.1 Å². The fourth-order valence-electron chi connectivity index (χ4n) is 6.04. The average Bonchev–Trinajstić information content (AvgIpc) is 3.48. The zero-order valence-electron chi connectivity index (χ0n) is 21.1. The quantitative estimate of drug-likeness (QED) is 0.244. The number of benzene rings is 5. The Morgan fingerprint density at radius 1 is 0.632 bits per heavy atom. The lowest BCUT2D eigenvalue weighted by Crippen LogP contribution is -2.15. The molecule has 0 aliphatic heterocycles. The second kappa shape index (κ2) is 7.59. The molecule has 2 aromatic heterocycles. The highest BCUT2D eigenvalue weighted by molar-refractivity contribution is 5.99. The van der Waals surface area contributed by atoms with Crippen LogP contribution in [0.3, 0.4) is 0 Å². The molecule has 0 fully saturated rings. The molecular formula is C34H23N3O. The average molecular weight is 490 g/mol. The molecule has 0 radical (unpaired) electrons. The number of rotatable bonds is 2. The molecule has 1 aliphatic carbocycles. The molecule has 180 valence electrons. The van der Waals surface area contributed by atoms with Crippen molar-refractivity contribution in [3.63, 3.8) is 0 Å². The molecule has 4 heteroatoms. The van der Waals surface area contributed by atoms with E-state index in [1.54, 1.807) is 0 Å². The highest BCUT2D eigenvalue weighted by Gasteiger charge is 2.39. The third kappa shape index (κ3) is 2.94. The van der Waals surface area contributed by atoms with Gasteiger partial charge in [0.1, 0.15) is 5.52 Å². The van der Waals surface area contributed by atoms with Crippen molar-refractivity contribution < 1.29 is 4.42 Å². The zero-order chi connectivity index (χ0) is 25.4. The highest BCUT2D eigenvalue weighted by Crippen LogP contribution is 2.52. The summed E-state index contributed by atoms with van der Waals surface area (Å²) in [6.07, 6.45) is 0. The Labute approximate surface area is 219 Å². The van der Waals surface area contributed by atoms with Crippen molar-refractivity contribution >= 4 is 32.8 Å². The summed E-state index contributed by atoms with van der Waals surface area (Å²) >= 11 is 0. The molecule has 1 aliphatic rings. The van der Waals surface area contributed by atoms with Gasteiger partial charge in [-0.1, -0.05) is 92.7 Å². The first-order valence-electron chi connectivity index (χ1n) is 12.9. The number of hydrogen-bond donors (Lipinski definition) is 0. The van der Waals surface area contributed by atoms with Gasteiger partial charge in [-0.3, -0.25) is 0 Å². The Morgan fingerprint density at radius 3 is 2.21 bits per heavy atom. The number of nitrogens with zero attached hydrogens (tertiary/aromatic N) is 3. The Bertz CT molecular complexity index is 2050. The van der Waals surface area contributed by atoms with E-state index >= 15 is 0 Å². The fourth-order valence-corrected chi connectivity index (χ4v) is 6.04. The molecule has 2 heterocycles. The van der Waals surface area contributed by atoms with E-state index in [0.717, 1.165) is 33.3 Å². The number of oxazole rings is 1. The Morgan fingerprint density at radius 2 is 1.37 bits per heavy atom. The summed E-state index contributed by atoms with van der Waals surface area (Å²) in [4.78, 5) is 14.7. The van der Waals surface area contributed by atoms with Crippen LogP contribution in [0, 0.1) is 0 Å². The van der Waals surface area contributed by atoms with Crippen LogP contribution in [0.25, 0.3) is 66.9 Å². The summed E-state index contributed by atoms with van der Waals surface area (Å²) in [7, 11) is 0. The van der Waals surface area contributed by atoms with Crippen LogP contribution in [0.2, 0.25) is 0 Å². The first kappa shape index (κ1) is 21.3. The lowest BCUT2D eigenvalue weighted by Gasteiger charge is -2.21. The van der Waals surface area contributed by atoms with E-state index in [1.165, 1.54) is 33.0 Å². The molecule has 0 saturated heterocycles. The lowest BCUT2D eigenvalue weighted by molar-refractivity contribution is 0.589. The van der Waals surface area contributed by atoms with Gasteiger partial charge in [-0.05, 0) is 51.7 Å². The van der Waals surface area contributed by atoms with Crippen molar-refractivity contribution in [1.29, 1.82) is 0 Å². The molecule has 7 aromatic rings. The summed E-state index contributed by atoms with van der Waals surface area (Å²) in [5.41, 5.74) is 9.11. The van der Waals surface area contributed by atoms with Crippen molar-refractivity contribution in [2.75, 3.05) is 0 Å². The molecule has 0 bridgehead atoms. The smallest absolute Gasteiger partial charge is 0.266 e. The second-order valence-electron chi connectivity index (χ2n) is 10.5. The predicted molar refractivity (Wildman–Crippen MR) is 153 cm³/mol. The van der Waals surface area contributed by atoms with E-state index in [1.807, 2.05) is 36.4 Å². The number of fused-ring (bicyclic) bond motifs is 7. The van der Waals surface area contributed by atoms with Gasteiger partial charge in [-0.2, -0.15) is 0 Å². The van der Waals surface area contributed by atoms with Crippen LogP contribution < -0.4 is 0 Å². The van der Waals surface area contributed by atoms with Gasteiger partial charge in [-0.15, -0.1) is 0 Å². The zero-order valence-corrected chi connectivity index (χ0v) is 21.1. The monoisotopic (exact) mass is 489 g/mol. The Kier molecular flexibility index (Phi) is 4.25. The minimum absolute atomic E-state index is 0.232. The second-order valence-corrected chi connectivity index (χ2v) is 10.5. The van der Waals surface area contributed by atoms with E-state index < -0.39 is 0 Å². The van der Waals surface area contributed by atoms with Crippen LogP contribution in [-0.4, -0.2) is 15.0 Å². The van der Waals surface area contributed by atoms with E-state index in [2.05, 4.69) is 80.6 Å². The third-order valence-electron chi connectivity index (χ3n) is 7.87. The van der Waals surface area contributed by atoms with Crippen LogP contribution >= 0.6 is 0 Å². The molecule has 0 saturated carbocycles. The maximum absolute atomic E-state index is 6.56. The maximum Gasteiger partial charge on any atom is 0.266 e. The first-order chi connectivity index (χ1) is 18.6. The molecule has 4 nitrogen and oxygen atoms in total. The van der Waals surface area contributed by atoms with Gasteiger partial charge in [0.05, 0.1) is 11.2 Å². The van der Waals surface area contributed by atoms with Gasteiger partial charge < -0.3 is 4.42 Å². The van der Waals surface area contributed by atoms with E-state index in [0.29, 0.717) is 11.7 Å². The van der Waals surface area contributed by atoms with Crippen LogP contribution in [-0.2, 0) is 5.41 Å². The van der Waals surface area contributed by atoms with Gasteiger partial charge in [0.2, 0.25) is 5.82 Å². The van der Waals surface area contributed by atoms with Crippen molar-refractivity contribution in [2.24, 2.45) is 0 Å². The molecule has 38 heavy (non-hydrogen) atoms. The molecule has 0 N–H and O–H groups in total. The minimum atomic E-state index is -0.232. The van der Waals surface area contributed by atoms with Crippen molar-refractivity contribution in [1.82, 2.24) is 15.0 Å². The van der Waals surface area contributed by atoms with E-state index in [9.17, 15) is 0 Å². The molecule has 0 spiro atoms. The third-order valence-corrected chi connectivity index (χ3v) is 7.87. The summed E-state index contributed by atoms with van der Waals surface area (Å²) in [6, 6.07) is 35.7. The maximum atomic E-state index is 6.56. The standard InChI is InChI=1S/C34H23N3O/c1-34(2)26-19-22-13-7-6-12-21(22)18-25(26)23-16-17-28-31(29(23)34)38-33(36-28)32-35-27-15-9-8-14-24(27)30(37-32)20-10-4-3-5-11-20/h3-19H,1-2H3. The van der Waals surface area contributed by atoms with Gasteiger partial charge in [-0.25, -0.2) is 15.0 Å². The molecule has 8 rings (SSSR count). The predicted octanol–water partition coefficient (Wildman–Crippen LogP) is 8.56. The molecule has 5 aromatic carbocycles. The largest absolute Gasteiger partial charge is 0.433 e. The summed E-state index contributed by atoms with van der Waals surface area (Å²) in [5, 5.41) is 3.49. The summed E-state index contributed by atoms with van der Waals surface area (Å²) in [5.74, 6) is 0.930. The van der Waals surface area contributed by atoms with Crippen LogP contribution in [0.15, 0.2) is 108 Å². The number of para-hydroxylation sites is 1. The van der Waals surface area contributed by atoms with Crippen LogP contribution in [0.1, 0.15) is 25.0 Å². The first-order valence-corrected chi connectivity index (χ1v) is 12.9. The van der Waals surface area contributed by atoms with Crippen LogP contribution in [0.5, 0.6) is 0 Å². The van der Waals surface area contributed by atoms with Gasteiger partial charge in [0.15, 0.2) is 5.58 Å². The normalized spacial score (nSPS) is 13.7. The number of aromatic nitrogens is 3. The van der Waals surface area contributed by atoms with Gasteiger partial charge in [0.25, 0.3) is 5.89 Å². The molecule has 0 atom stereocenters. The van der Waals surface area contributed by atoms with Crippen molar-refractivity contribution in [2.45, 2.75) is 19.3 Å². The van der Waals surface area contributed by atoms with Gasteiger partial charge in [0, 0.05) is 21.9 Å². The fraction of sp³-hybridized carbons (Fsp3) is 0.0882. The number of hydrogen-bond acceptors (Lipinski definition) is 4. The van der Waals surface area contributed by atoms with Crippen molar-refractivity contribution in [3.05, 3.63) is 114 Å². The molecule has 0 amide bonds. The van der Waals surface area contributed by atoms with Gasteiger partial charge >= 0.3 is 0 Å². The Hall–Kier alpha value is -4.83. The molecular weight excluding hydrogens is 466 g/mol. The minimum Gasteiger partial charge on any atom is -0.433 e. The molecule has 0 unspecified atom stereocenters. The van der Waals surface area contributed by atoms with E-state index in [4.69, 9.17) is 19.4 Å². The Balaban J connectivity index is 1.35. The van der Waals surface area contributed by atoms with E-state index in [-0.39, 0.29) is 5.41 Å². The topological polar surface area (TPSA) is 51.8 Å². The summed E-state index contributed by atoms with van der Waals surface area (Å²) in [6.45, 7) is 4.54. The highest BCUT2D eigenvalue weighted by atomic mass is 16.3. The SMILES string of the molecule is CC1(C)c2cc3ccccc3cc2-c2ccc3nc(-c4nc(-c5ccccc5)c5ccccc5n4)oc3c21. The lowest BCUT2D eigenvalue weighted by atomic mass is 9.81. The van der Waals surface area contributed by atoms with Crippen LogP contribution in [0.4, 0.5) is 0 Å². The summed E-state index contributed by atoms with van der Waals surface area (Å²) < 4.78 is 6.56.